The number of aryl methyl sites for hydroxylation is 1. The SMILES string of the molecule is CCc1ccc(O)c(C(N)C#N)c1. The topological polar surface area (TPSA) is 70.0 Å². The van der Waals surface area contributed by atoms with Crippen molar-refractivity contribution < 1.29 is 5.11 Å². The number of hydrogen-bond acceptors (Lipinski definition) is 3. The molecule has 0 aliphatic rings. The summed E-state index contributed by atoms with van der Waals surface area (Å²) in [5.74, 6) is 0.0891. The van der Waals surface area contributed by atoms with E-state index in [0.29, 0.717) is 5.56 Å². The number of nitriles is 1. The molecule has 0 amide bonds. The zero-order valence-electron chi connectivity index (χ0n) is 7.49. The Hall–Kier alpha value is -1.53. The fraction of sp³-hybridized carbons (Fsp3) is 0.300. The molecule has 1 aromatic rings. The van der Waals surface area contributed by atoms with Crippen LogP contribution in [-0.4, -0.2) is 5.11 Å². The third-order valence-electron chi connectivity index (χ3n) is 1.97. The molecule has 3 heteroatoms. The van der Waals surface area contributed by atoms with E-state index in [4.69, 9.17) is 11.0 Å². The van der Waals surface area contributed by atoms with Gasteiger partial charge in [0.05, 0.1) is 6.07 Å². The van der Waals surface area contributed by atoms with Crippen LogP contribution in [0.15, 0.2) is 18.2 Å². The minimum absolute atomic E-state index is 0.0891. The number of nitrogens with zero attached hydrogens (tertiary/aromatic N) is 1. The van der Waals surface area contributed by atoms with Crippen molar-refractivity contribution in [3.8, 4) is 11.8 Å². The van der Waals surface area contributed by atoms with Crippen molar-refractivity contribution in [1.82, 2.24) is 0 Å². The molecule has 1 atom stereocenters. The van der Waals surface area contributed by atoms with Crippen LogP contribution < -0.4 is 5.73 Å². The van der Waals surface area contributed by atoms with Gasteiger partial charge in [-0.05, 0) is 24.1 Å². The molecule has 0 radical (unpaired) electrons. The molecule has 0 saturated carbocycles. The summed E-state index contributed by atoms with van der Waals surface area (Å²) in [6.45, 7) is 2.01. The molecule has 0 aliphatic carbocycles. The van der Waals surface area contributed by atoms with E-state index in [2.05, 4.69) is 0 Å². The lowest BCUT2D eigenvalue weighted by atomic mass is 10.0. The molecule has 0 heterocycles. The van der Waals surface area contributed by atoms with Crippen LogP contribution in [0.4, 0.5) is 0 Å². The molecule has 3 nitrogen and oxygen atoms in total. The zero-order valence-corrected chi connectivity index (χ0v) is 7.49. The summed E-state index contributed by atoms with van der Waals surface area (Å²) in [4.78, 5) is 0. The molecule has 0 aromatic heterocycles. The second-order valence-electron chi connectivity index (χ2n) is 2.85. The Morgan fingerprint density at radius 3 is 2.85 bits per heavy atom. The normalized spacial score (nSPS) is 12.1. The van der Waals surface area contributed by atoms with Crippen LogP contribution >= 0.6 is 0 Å². The molecule has 68 valence electrons. The predicted octanol–water partition coefficient (Wildman–Crippen LogP) is 1.48. The first kappa shape index (κ1) is 9.56. The molecular weight excluding hydrogens is 164 g/mol. The summed E-state index contributed by atoms with van der Waals surface area (Å²) in [6.07, 6.45) is 0.866. The molecular formula is C10H12N2O. The van der Waals surface area contributed by atoms with Gasteiger partial charge in [-0.1, -0.05) is 13.0 Å². The van der Waals surface area contributed by atoms with E-state index in [1.807, 2.05) is 19.1 Å². The van der Waals surface area contributed by atoms with Gasteiger partial charge in [-0.25, -0.2) is 0 Å². The molecule has 1 unspecified atom stereocenters. The number of hydrogen-bond donors (Lipinski definition) is 2. The number of benzene rings is 1. The van der Waals surface area contributed by atoms with Gasteiger partial charge in [-0.2, -0.15) is 5.26 Å². The lowest BCUT2D eigenvalue weighted by Crippen LogP contribution is -2.07. The van der Waals surface area contributed by atoms with Gasteiger partial charge >= 0.3 is 0 Å². The van der Waals surface area contributed by atoms with Crippen molar-refractivity contribution in [3.63, 3.8) is 0 Å². The van der Waals surface area contributed by atoms with Crippen molar-refractivity contribution in [2.24, 2.45) is 5.73 Å². The predicted molar refractivity (Wildman–Crippen MR) is 50.0 cm³/mol. The van der Waals surface area contributed by atoms with Crippen LogP contribution in [0.2, 0.25) is 0 Å². The first-order chi connectivity index (χ1) is 6.19. The van der Waals surface area contributed by atoms with Crippen LogP contribution in [0.3, 0.4) is 0 Å². The lowest BCUT2D eigenvalue weighted by Gasteiger charge is -2.07. The van der Waals surface area contributed by atoms with Gasteiger partial charge in [-0.15, -0.1) is 0 Å². The van der Waals surface area contributed by atoms with Gasteiger partial charge in [0, 0.05) is 5.56 Å². The van der Waals surface area contributed by atoms with E-state index in [1.54, 1.807) is 12.1 Å². The highest BCUT2D eigenvalue weighted by Gasteiger charge is 2.09. The fourth-order valence-corrected chi connectivity index (χ4v) is 1.14. The van der Waals surface area contributed by atoms with Crippen molar-refractivity contribution in [1.29, 1.82) is 5.26 Å². The van der Waals surface area contributed by atoms with Crippen LogP contribution in [-0.2, 0) is 6.42 Å². The minimum Gasteiger partial charge on any atom is -0.508 e. The quantitative estimate of drug-likeness (QED) is 0.717. The standard InChI is InChI=1S/C10H12N2O/c1-2-7-3-4-10(13)8(5-7)9(12)6-11/h3-5,9,13H,2,12H2,1H3. The Morgan fingerprint density at radius 2 is 2.31 bits per heavy atom. The van der Waals surface area contributed by atoms with Crippen molar-refractivity contribution in [2.45, 2.75) is 19.4 Å². The number of nitrogens with two attached hydrogens (primary N) is 1. The highest BCUT2D eigenvalue weighted by molar-refractivity contribution is 5.40. The monoisotopic (exact) mass is 176 g/mol. The van der Waals surface area contributed by atoms with E-state index >= 15 is 0 Å². The lowest BCUT2D eigenvalue weighted by molar-refractivity contribution is 0.466. The van der Waals surface area contributed by atoms with Crippen LogP contribution in [0.1, 0.15) is 24.1 Å². The molecule has 0 fully saturated rings. The van der Waals surface area contributed by atoms with E-state index < -0.39 is 6.04 Å². The first-order valence-corrected chi connectivity index (χ1v) is 4.16. The molecule has 1 aromatic carbocycles. The first-order valence-electron chi connectivity index (χ1n) is 4.16. The Bertz CT molecular complexity index is 341. The third kappa shape index (κ3) is 1.98. The Labute approximate surface area is 77.4 Å². The maximum absolute atomic E-state index is 9.40. The van der Waals surface area contributed by atoms with Crippen molar-refractivity contribution >= 4 is 0 Å². The second kappa shape index (κ2) is 3.92. The highest BCUT2D eigenvalue weighted by Crippen LogP contribution is 2.23. The largest absolute Gasteiger partial charge is 0.508 e. The summed E-state index contributed by atoms with van der Waals surface area (Å²) in [6, 6.07) is 6.31. The minimum atomic E-state index is -0.744. The van der Waals surface area contributed by atoms with Gasteiger partial charge in [0.15, 0.2) is 0 Å². The maximum atomic E-state index is 9.40. The molecule has 0 aliphatic heterocycles. The zero-order chi connectivity index (χ0) is 9.84. The number of phenolic OH excluding ortho intramolecular Hbond substituents is 1. The molecule has 0 spiro atoms. The fourth-order valence-electron chi connectivity index (χ4n) is 1.14. The van der Waals surface area contributed by atoms with Gasteiger partial charge in [-0.3, -0.25) is 0 Å². The van der Waals surface area contributed by atoms with E-state index in [9.17, 15) is 5.11 Å². The van der Waals surface area contributed by atoms with Crippen molar-refractivity contribution in [3.05, 3.63) is 29.3 Å². The summed E-state index contributed by atoms with van der Waals surface area (Å²) in [5, 5.41) is 18.0. The number of aromatic hydroxyl groups is 1. The molecule has 3 N–H and O–H groups in total. The highest BCUT2D eigenvalue weighted by atomic mass is 16.3. The smallest absolute Gasteiger partial charge is 0.122 e. The van der Waals surface area contributed by atoms with Crippen LogP contribution in [0, 0.1) is 11.3 Å². The van der Waals surface area contributed by atoms with Crippen molar-refractivity contribution in [2.75, 3.05) is 0 Å². The molecule has 1 rings (SSSR count). The summed E-state index contributed by atoms with van der Waals surface area (Å²) >= 11 is 0. The Balaban J connectivity index is 3.12. The number of rotatable bonds is 2. The Morgan fingerprint density at radius 1 is 1.62 bits per heavy atom. The average molecular weight is 176 g/mol. The van der Waals surface area contributed by atoms with Gasteiger partial charge in [0.2, 0.25) is 0 Å². The average Bonchev–Trinajstić information content (AvgIpc) is 2.17. The number of phenols is 1. The van der Waals surface area contributed by atoms with E-state index in [-0.39, 0.29) is 5.75 Å². The second-order valence-corrected chi connectivity index (χ2v) is 2.85. The summed E-state index contributed by atoms with van der Waals surface area (Å²) in [7, 11) is 0. The third-order valence-corrected chi connectivity index (χ3v) is 1.97. The maximum Gasteiger partial charge on any atom is 0.122 e. The van der Waals surface area contributed by atoms with E-state index in [1.165, 1.54) is 0 Å². The summed E-state index contributed by atoms with van der Waals surface area (Å²) < 4.78 is 0. The van der Waals surface area contributed by atoms with Crippen LogP contribution in [0.25, 0.3) is 0 Å². The Kier molecular flexibility index (Phi) is 2.88. The molecule has 13 heavy (non-hydrogen) atoms. The van der Waals surface area contributed by atoms with Gasteiger partial charge in [0.1, 0.15) is 11.8 Å². The molecule has 0 saturated heterocycles. The van der Waals surface area contributed by atoms with Gasteiger partial charge in [0.25, 0.3) is 0 Å². The van der Waals surface area contributed by atoms with E-state index in [0.717, 1.165) is 12.0 Å². The summed E-state index contributed by atoms with van der Waals surface area (Å²) in [5.41, 5.74) is 7.07. The van der Waals surface area contributed by atoms with Gasteiger partial charge < -0.3 is 10.8 Å². The molecule has 0 bridgehead atoms. The van der Waals surface area contributed by atoms with Crippen LogP contribution in [0.5, 0.6) is 5.75 Å².